The molecule has 200 valence electrons. The number of hydrogen-bond acceptors (Lipinski definition) is 5. The zero-order chi connectivity index (χ0) is 27.7. The number of hydrogen-bond donors (Lipinski definition) is 2. The van der Waals surface area contributed by atoms with Crippen molar-refractivity contribution in [2.24, 2.45) is 0 Å². The van der Waals surface area contributed by atoms with Crippen molar-refractivity contribution in [1.82, 2.24) is 19.9 Å². The summed E-state index contributed by atoms with van der Waals surface area (Å²) >= 11 is 12.5. The van der Waals surface area contributed by atoms with Crippen molar-refractivity contribution in [3.8, 4) is 5.82 Å². The van der Waals surface area contributed by atoms with Crippen LogP contribution in [0.15, 0.2) is 67.0 Å². The van der Waals surface area contributed by atoms with Gasteiger partial charge in [0.2, 0.25) is 5.91 Å². The highest BCUT2D eigenvalue weighted by molar-refractivity contribution is 7.80. The Hall–Kier alpha value is -3.79. The van der Waals surface area contributed by atoms with Crippen molar-refractivity contribution >= 4 is 46.2 Å². The van der Waals surface area contributed by atoms with Crippen LogP contribution in [0.3, 0.4) is 0 Å². The molecule has 8 nitrogen and oxygen atoms in total. The molecule has 4 heterocycles. The van der Waals surface area contributed by atoms with Gasteiger partial charge in [0.15, 0.2) is 5.11 Å². The van der Waals surface area contributed by atoms with E-state index in [4.69, 9.17) is 28.6 Å². The van der Waals surface area contributed by atoms with Gasteiger partial charge in [-0.1, -0.05) is 17.7 Å². The molecule has 0 spiro atoms. The van der Waals surface area contributed by atoms with Crippen LogP contribution in [0.4, 0.5) is 11.4 Å². The minimum atomic E-state index is -0.282. The lowest BCUT2D eigenvalue weighted by Crippen LogP contribution is -2.29. The molecular formula is C29H29ClN6O2S. The maximum atomic E-state index is 12.1. The number of aryl methyl sites for hydroxylation is 2. The van der Waals surface area contributed by atoms with Gasteiger partial charge in [-0.2, -0.15) is 0 Å². The average Bonchev–Trinajstić information content (AvgIpc) is 3.40. The predicted octanol–water partition coefficient (Wildman–Crippen LogP) is 5.61. The minimum Gasteiger partial charge on any atom is -0.375 e. The van der Waals surface area contributed by atoms with E-state index in [-0.39, 0.29) is 24.6 Å². The van der Waals surface area contributed by atoms with Crippen LogP contribution in [-0.4, -0.2) is 39.3 Å². The summed E-state index contributed by atoms with van der Waals surface area (Å²) in [6.45, 7) is 6.18. The summed E-state index contributed by atoms with van der Waals surface area (Å²) in [4.78, 5) is 23.4. The van der Waals surface area contributed by atoms with E-state index in [0.29, 0.717) is 15.8 Å². The number of halogens is 1. The van der Waals surface area contributed by atoms with Gasteiger partial charge in [-0.15, -0.1) is 0 Å². The van der Waals surface area contributed by atoms with Gasteiger partial charge < -0.3 is 24.8 Å². The summed E-state index contributed by atoms with van der Waals surface area (Å²) in [6, 6.07) is 17.2. The molecule has 1 amide bonds. The first kappa shape index (κ1) is 26.8. The molecule has 10 heteroatoms. The lowest BCUT2D eigenvalue weighted by molar-refractivity contribution is -0.119. The molecular weight excluding hydrogens is 532 g/mol. The van der Waals surface area contributed by atoms with E-state index in [1.165, 1.54) is 7.11 Å². The molecule has 39 heavy (non-hydrogen) atoms. The fraction of sp³-hybridized carbons (Fsp3) is 0.241. The van der Waals surface area contributed by atoms with Crippen molar-refractivity contribution in [1.29, 1.82) is 0 Å². The zero-order valence-corrected chi connectivity index (χ0v) is 23.7. The van der Waals surface area contributed by atoms with Gasteiger partial charge in [0, 0.05) is 36.6 Å². The van der Waals surface area contributed by atoms with E-state index in [0.717, 1.165) is 39.7 Å². The van der Waals surface area contributed by atoms with Crippen molar-refractivity contribution < 1.29 is 9.53 Å². The smallest absolute Gasteiger partial charge is 0.250 e. The molecule has 0 radical (unpaired) electrons. The highest BCUT2D eigenvalue weighted by Gasteiger charge is 2.42. The Morgan fingerprint density at radius 2 is 1.92 bits per heavy atom. The number of pyridine rings is 2. The van der Waals surface area contributed by atoms with Crippen LogP contribution in [0, 0.1) is 20.8 Å². The molecule has 3 aromatic heterocycles. The number of nitrogens with zero attached hydrogens (tertiary/aromatic N) is 4. The topological polar surface area (TPSA) is 84.3 Å². The molecule has 5 rings (SSSR count). The van der Waals surface area contributed by atoms with Crippen molar-refractivity contribution in [3.63, 3.8) is 0 Å². The van der Waals surface area contributed by atoms with E-state index in [1.54, 1.807) is 12.3 Å². The molecule has 0 bridgehead atoms. The highest BCUT2D eigenvalue weighted by atomic mass is 35.5. The fourth-order valence-corrected chi connectivity index (χ4v) is 5.67. The maximum Gasteiger partial charge on any atom is 0.250 e. The van der Waals surface area contributed by atoms with Crippen molar-refractivity contribution in [2.75, 3.05) is 23.9 Å². The second-order valence-corrected chi connectivity index (χ2v) is 10.3. The fourth-order valence-electron chi connectivity index (χ4n) is 5.10. The number of rotatable bonds is 7. The van der Waals surface area contributed by atoms with Crippen molar-refractivity contribution in [3.05, 3.63) is 100 Å². The molecule has 2 atom stereocenters. The lowest BCUT2D eigenvalue weighted by atomic mass is 9.96. The number of thiocarbonyl (C=S) groups is 1. The Balaban J connectivity index is 1.61. The van der Waals surface area contributed by atoms with E-state index in [9.17, 15) is 4.79 Å². The normalized spacial score (nSPS) is 16.8. The molecule has 0 unspecified atom stereocenters. The standard InChI is InChI=1S/C29H29ClN6O2S/c1-17-10-12-32-25(13-17)35-18(2)14-21(19(35)3)28-27(24-7-5-6-11-31-24)34-29(39)36(28)20-8-9-23(22(30)15-20)33-26(37)16-38-4/h5-15,27-28H,16H2,1-4H3,(H,33,37)(H,34,39)/t27-,28-/m0/s1. The van der Waals surface area contributed by atoms with E-state index < -0.39 is 0 Å². The lowest BCUT2D eigenvalue weighted by Gasteiger charge is -2.28. The Bertz CT molecular complexity index is 1540. The third-order valence-corrected chi connectivity index (χ3v) is 7.42. The van der Waals surface area contributed by atoms with Crippen LogP contribution >= 0.6 is 23.8 Å². The third kappa shape index (κ3) is 5.25. The molecule has 0 aliphatic carbocycles. The van der Waals surface area contributed by atoms with Gasteiger partial charge in [0.1, 0.15) is 12.4 Å². The quantitative estimate of drug-likeness (QED) is 0.284. The maximum absolute atomic E-state index is 12.1. The molecule has 1 fully saturated rings. The molecule has 1 aliphatic heterocycles. The second kappa shape index (κ2) is 11.1. The highest BCUT2D eigenvalue weighted by Crippen LogP contribution is 2.44. The van der Waals surface area contributed by atoms with Crippen LogP contribution in [0.5, 0.6) is 0 Å². The van der Waals surface area contributed by atoms with Crippen molar-refractivity contribution in [2.45, 2.75) is 32.9 Å². The number of anilines is 2. The molecule has 2 N–H and O–H groups in total. The first-order valence-corrected chi connectivity index (χ1v) is 13.3. The van der Waals surface area contributed by atoms with E-state index in [1.807, 2.05) is 42.6 Å². The Morgan fingerprint density at radius 1 is 1.10 bits per heavy atom. The Kier molecular flexibility index (Phi) is 7.65. The summed E-state index contributed by atoms with van der Waals surface area (Å²) in [7, 11) is 1.47. The Labute approximate surface area is 238 Å². The van der Waals surface area contributed by atoms with Crippen LogP contribution in [0.25, 0.3) is 5.82 Å². The number of carbonyl (C=O) groups excluding carboxylic acids is 1. The summed E-state index contributed by atoms with van der Waals surface area (Å²) in [6.07, 6.45) is 3.61. The largest absolute Gasteiger partial charge is 0.375 e. The first-order valence-electron chi connectivity index (χ1n) is 12.5. The summed E-state index contributed by atoms with van der Waals surface area (Å²) in [5, 5.41) is 7.23. The second-order valence-electron chi connectivity index (χ2n) is 9.50. The van der Waals surface area contributed by atoms with Gasteiger partial charge in [0.05, 0.1) is 28.5 Å². The molecule has 1 aromatic carbocycles. The van der Waals surface area contributed by atoms with Crippen LogP contribution in [0.1, 0.15) is 40.3 Å². The number of benzene rings is 1. The minimum absolute atomic E-state index is 0.0581. The van der Waals surface area contributed by atoms with E-state index in [2.05, 4.69) is 63.0 Å². The monoisotopic (exact) mass is 560 g/mol. The number of aromatic nitrogens is 3. The summed E-state index contributed by atoms with van der Waals surface area (Å²) < 4.78 is 7.08. The SMILES string of the molecule is COCC(=O)Nc1ccc(N2C(=S)N[C@@H](c3ccccn3)[C@@H]2c2cc(C)n(-c3cc(C)ccn3)c2C)cc1Cl. The predicted molar refractivity (Wildman–Crippen MR) is 158 cm³/mol. The van der Waals surface area contributed by atoms with Crippen LogP contribution < -0.4 is 15.5 Å². The summed E-state index contributed by atoms with van der Waals surface area (Å²) in [5.74, 6) is 0.584. The van der Waals surface area contributed by atoms with E-state index >= 15 is 0 Å². The first-order chi connectivity index (χ1) is 18.8. The van der Waals surface area contributed by atoms with Gasteiger partial charge in [-0.05, 0) is 92.6 Å². The number of carbonyl (C=O) groups is 1. The summed E-state index contributed by atoms with van der Waals surface area (Å²) in [5.41, 5.74) is 6.52. The number of methoxy groups -OCH3 is 1. The van der Waals surface area contributed by atoms with Crippen LogP contribution in [-0.2, 0) is 9.53 Å². The molecule has 1 saturated heterocycles. The molecule has 4 aromatic rings. The number of amides is 1. The average molecular weight is 561 g/mol. The number of nitrogens with one attached hydrogen (secondary N) is 2. The molecule has 0 saturated carbocycles. The van der Waals surface area contributed by atoms with Gasteiger partial charge >= 0.3 is 0 Å². The third-order valence-electron chi connectivity index (χ3n) is 6.80. The van der Waals surface area contributed by atoms with Gasteiger partial charge in [-0.3, -0.25) is 9.78 Å². The number of ether oxygens (including phenoxy) is 1. The zero-order valence-electron chi connectivity index (χ0n) is 22.1. The van der Waals surface area contributed by atoms with Gasteiger partial charge in [-0.25, -0.2) is 4.98 Å². The molecule has 1 aliphatic rings. The van der Waals surface area contributed by atoms with Crippen LogP contribution in [0.2, 0.25) is 5.02 Å². The van der Waals surface area contributed by atoms with Gasteiger partial charge in [0.25, 0.3) is 0 Å². The Morgan fingerprint density at radius 3 is 2.62 bits per heavy atom.